The summed E-state index contributed by atoms with van der Waals surface area (Å²) in [5.74, 6) is 1.66. The Morgan fingerprint density at radius 3 is 2.90 bits per heavy atom. The second-order valence-corrected chi connectivity index (χ2v) is 6.70. The van der Waals surface area contributed by atoms with Crippen molar-refractivity contribution in [3.63, 3.8) is 0 Å². The third kappa shape index (κ3) is 2.95. The summed E-state index contributed by atoms with van der Waals surface area (Å²) in [6.45, 7) is 4.36. The maximum Gasteiger partial charge on any atom is 0.119 e. The molecule has 1 aliphatic heterocycles. The lowest BCUT2D eigenvalue weighted by Crippen LogP contribution is -2.46. The molecule has 0 aromatic heterocycles. The van der Waals surface area contributed by atoms with Gasteiger partial charge in [-0.05, 0) is 74.8 Å². The number of hydrogen-bond donors (Lipinski definition) is 1. The molecule has 1 saturated heterocycles. The zero-order chi connectivity index (χ0) is 14.8. The summed E-state index contributed by atoms with van der Waals surface area (Å²) in [7, 11) is 1.75. The van der Waals surface area contributed by atoms with Gasteiger partial charge in [0.05, 0.1) is 7.11 Å². The molecule has 0 amide bonds. The van der Waals surface area contributed by atoms with Crippen LogP contribution in [0, 0.1) is 5.92 Å². The summed E-state index contributed by atoms with van der Waals surface area (Å²) in [6.07, 6.45) is 6.31. The molecule has 2 N–H and O–H groups in total. The van der Waals surface area contributed by atoms with Gasteiger partial charge in [0.15, 0.2) is 0 Å². The van der Waals surface area contributed by atoms with Crippen LogP contribution in [-0.2, 0) is 6.42 Å². The van der Waals surface area contributed by atoms with Gasteiger partial charge in [0.25, 0.3) is 0 Å². The van der Waals surface area contributed by atoms with E-state index in [-0.39, 0.29) is 0 Å². The lowest BCUT2D eigenvalue weighted by Gasteiger charge is -2.44. The van der Waals surface area contributed by atoms with Gasteiger partial charge in [-0.2, -0.15) is 0 Å². The Morgan fingerprint density at radius 1 is 1.29 bits per heavy atom. The molecule has 3 unspecified atom stereocenters. The van der Waals surface area contributed by atoms with Gasteiger partial charge in [-0.25, -0.2) is 0 Å². The minimum atomic E-state index is 0.573. The first-order valence-electron chi connectivity index (χ1n) is 8.35. The maximum absolute atomic E-state index is 5.93. The fourth-order valence-corrected chi connectivity index (χ4v) is 4.08. The monoisotopic (exact) mass is 288 g/mol. The number of ether oxygens (including phenoxy) is 1. The smallest absolute Gasteiger partial charge is 0.119 e. The van der Waals surface area contributed by atoms with Crippen LogP contribution in [0.4, 0.5) is 0 Å². The molecule has 2 aliphatic rings. The first kappa shape index (κ1) is 14.9. The number of likely N-dealkylation sites (tertiary alicyclic amines) is 1. The van der Waals surface area contributed by atoms with Crippen molar-refractivity contribution in [2.24, 2.45) is 11.7 Å². The molecule has 1 aliphatic carbocycles. The topological polar surface area (TPSA) is 38.5 Å². The third-order valence-electron chi connectivity index (χ3n) is 5.39. The number of piperidine rings is 1. The zero-order valence-corrected chi connectivity index (χ0v) is 13.3. The van der Waals surface area contributed by atoms with Gasteiger partial charge in [0.2, 0.25) is 0 Å². The summed E-state index contributed by atoms with van der Waals surface area (Å²) in [5.41, 5.74) is 8.93. The van der Waals surface area contributed by atoms with Gasteiger partial charge in [-0.1, -0.05) is 6.07 Å². The summed E-state index contributed by atoms with van der Waals surface area (Å²) in [5, 5.41) is 0. The lowest BCUT2D eigenvalue weighted by molar-refractivity contribution is 0.0648. The largest absolute Gasteiger partial charge is 0.497 e. The molecule has 1 heterocycles. The fourth-order valence-electron chi connectivity index (χ4n) is 4.08. The Bertz CT molecular complexity index is 488. The quantitative estimate of drug-likeness (QED) is 0.928. The molecule has 3 heteroatoms. The van der Waals surface area contributed by atoms with Crippen LogP contribution in [0.25, 0.3) is 0 Å². The van der Waals surface area contributed by atoms with Crippen LogP contribution >= 0.6 is 0 Å². The van der Waals surface area contributed by atoms with Gasteiger partial charge in [-0.3, -0.25) is 4.90 Å². The van der Waals surface area contributed by atoms with Crippen LogP contribution in [0.3, 0.4) is 0 Å². The molecule has 0 spiro atoms. The molecule has 0 bridgehead atoms. The molecule has 116 valence electrons. The number of benzene rings is 1. The summed E-state index contributed by atoms with van der Waals surface area (Å²) < 4.78 is 5.39. The van der Waals surface area contributed by atoms with E-state index in [9.17, 15) is 0 Å². The Balaban J connectivity index is 1.86. The van der Waals surface area contributed by atoms with Crippen molar-refractivity contribution in [1.82, 2.24) is 4.90 Å². The van der Waals surface area contributed by atoms with E-state index in [0.29, 0.717) is 18.0 Å². The van der Waals surface area contributed by atoms with Crippen LogP contribution in [0.2, 0.25) is 0 Å². The van der Waals surface area contributed by atoms with E-state index in [4.69, 9.17) is 10.5 Å². The molecular formula is C18H28N2O. The van der Waals surface area contributed by atoms with Gasteiger partial charge >= 0.3 is 0 Å². The van der Waals surface area contributed by atoms with E-state index in [0.717, 1.165) is 18.8 Å². The molecule has 1 aromatic carbocycles. The van der Waals surface area contributed by atoms with Crippen LogP contribution in [-0.4, -0.2) is 31.1 Å². The molecule has 3 nitrogen and oxygen atoms in total. The number of aryl methyl sites for hydroxylation is 1. The van der Waals surface area contributed by atoms with E-state index >= 15 is 0 Å². The van der Waals surface area contributed by atoms with Crippen LogP contribution in [0.5, 0.6) is 5.75 Å². The Labute approximate surface area is 128 Å². The minimum absolute atomic E-state index is 0.573. The number of nitrogens with zero attached hydrogens (tertiary/aromatic N) is 1. The van der Waals surface area contributed by atoms with E-state index in [1.165, 1.54) is 43.2 Å². The Morgan fingerprint density at radius 2 is 2.14 bits per heavy atom. The average molecular weight is 288 g/mol. The standard InChI is InChI=1S/C18H28N2O/c1-13-6-7-14(11-19)12-20(13)18-5-3-4-15-10-16(21-2)8-9-17(15)18/h8-10,13-14,18H,3-7,11-12,19H2,1-2H3. The SMILES string of the molecule is COc1ccc2c(c1)CCCC2N1CC(CN)CCC1C. The number of nitrogens with two attached hydrogens (primary N) is 1. The second kappa shape index (κ2) is 6.37. The molecule has 1 fully saturated rings. The molecule has 0 radical (unpaired) electrons. The highest BCUT2D eigenvalue weighted by molar-refractivity contribution is 5.39. The van der Waals surface area contributed by atoms with Crippen LogP contribution in [0.1, 0.15) is 49.8 Å². The zero-order valence-electron chi connectivity index (χ0n) is 13.3. The highest BCUT2D eigenvalue weighted by atomic mass is 16.5. The van der Waals surface area contributed by atoms with Crippen LogP contribution < -0.4 is 10.5 Å². The van der Waals surface area contributed by atoms with Crippen LogP contribution in [0.15, 0.2) is 18.2 Å². The summed E-state index contributed by atoms with van der Waals surface area (Å²) in [4.78, 5) is 2.71. The van der Waals surface area contributed by atoms with Gasteiger partial charge in [-0.15, -0.1) is 0 Å². The lowest BCUT2D eigenvalue weighted by atomic mass is 9.83. The molecule has 21 heavy (non-hydrogen) atoms. The van der Waals surface area contributed by atoms with E-state index in [1.807, 2.05) is 0 Å². The van der Waals surface area contributed by atoms with E-state index < -0.39 is 0 Å². The number of rotatable bonds is 3. The van der Waals surface area contributed by atoms with E-state index in [2.05, 4.69) is 30.0 Å². The first-order valence-corrected chi connectivity index (χ1v) is 8.35. The average Bonchev–Trinajstić information content (AvgIpc) is 2.54. The van der Waals surface area contributed by atoms with Gasteiger partial charge < -0.3 is 10.5 Å². The van der Waals surface area contributed by atoms with Crippen molar-refractivity contribution in [3.8, 4) is 5.75 Å². The molecule has 3 rings (SSSR count). The maximum atomic E-state index is 5.93. The predicted octanol–water partition coefficient (Wildman–Crippen LogP) is 3.13. The summed E-state index contributed by atoms with van der Waals surface area (Å²) >= 11 is 0. The minimum Gasteiger partial charge on any atom is -0.497 e. The molecular weight excluding hydrogens is 260 g/mol. The van der Waals surface area contributed by atoms with Crippen molar-refractivity contribution in [3.05, 3.63) is 29.3 Å². The highest BCUT2D eigenvalue weighted by Crippen LogP contribution is 2.39. The summed E-state index contributed by atoms with van der Waals surface area (Å²) in [6, 6.07) is 7.88. The number of methoxy groups -OCH3 is 1. The highest BCUT2D eigenvalue weighted by Gasteiger charge is 2.33. The van der Waals surface area contributed by atoms with Crippen molar-refractivity contribution in [2.75, 3.05) is 20.2 Å². The fraction of sp³-hybridized carbons (Fsp3) is 0.667. The Kier molecular flexibility index (Phi) is 4.51. The third-order valence-corrected chi connectivity index (χ3v) is 5.39. The van der Waals surface area contributed by atoms with Gasteiger partial charge in [0.1, 0.15) is 5.75 Å². The number of hydrogen-bond acceptors (Lipinski definition) is 3. The predicted molar refractivity (Wildman–Crippen MR) is 86.6 cm³/mol. The van der Waals surface area contributed by atoms with Crippen molar-refractivity contribution in [1.29, 1.82) is 0 Å². The van der Waals surface area contributed by atoms with Crippen molar-refractivity contribution >= 4 is 0 Å². The van der Waals surface area contributed by atoms with Crippen molar-refractivity contribution in [2.45, 2.75) is 51.1 Å². The molecule has 1 aromatic rings. The van der Waals surface area contributed by atoms with Crippen molar-refractivity contribution < 1.29 is 4.74 Å². The van der Waals surface area contributed by atoms with E-state index in [1.54, 1.807) is 7.11 Å². The second-order valence-electron chi connectivity index (χ2n) is 6.70. The number of fused-ring (bicyclic) bond motifs is 1. The first-order chi connectivity index (χ1) is 10.2. The normalized spacial score (nSPS) is 30.0. The molecule has 3 atom stereocenters. The Hall–Kier alpha value is -1.06. The molecule has 0 saturated carbocycles. The van der Waals surface area contributed by atoms with Gasteiger partial charge in [0, 0.05) is 18.6 Å².